The van der Waals surface area contributed by atoms with Gasteiger partial charge in [0.2, 0.25) is 5.91 Å². The lowest BCUT2D eigenvalue weighted by Crippen LogP contribution is -2.48. The Morgan fingerprint density at radius 1 is 1.28 bits per heavy atom. The van der Waals surface area contributed by atoms with E-state index >= 15 is 0 Å². The molecule has 1 saturated carbocycles. The molecule has 18 heavy (non-hydrogen) atoms. The van der Waals surface area contributed by atoms with Gasteiger partial charge in [-0.2, -0.15) is 15.4 Å². The molecule has 1 amide bonds. The van der Waals surface area contributed by atoms with E-state index < -0.39 is 5.54 Å². The van der Waals surface area contributed by atoms with Crippen molar-refractivity contribution in [3.05, 3.63) is 18.2 Å². The SMILES string of the molecule is NC1(C(=O)Nc2ccc3n[nH]nc3c2)CCCC1. The Morgan fingerprint density at radius 2 is 2.00 bits per heavy atom. The van der Waals surface area contributed by atoms with E-state index in [2.05, 4.69) is 20.7 Å². The lowest BCUT2D eigenvalue weighted by Gasteiger charge is -2.22. The summed E-state index contributed by atoms with van der Waals surface area (Å²) in [5.41, 5.74) is 7.60. The Bertz CT molecular complexity index is 585. The second-order valence-electron chi connectivity index (χ2n) is 4.84. The molecular weight excluding hydrogens is 230 g/mol. The van der Waals surface area contributed by atoms with E-state index in [1.807, 2.05) is 6.07 Å². The van der Waals surface area contributed by atoms with Gasteiger partial charge in [0, 0.05) is 5.69 Å². The van der Waals surface area contributed by atoms with Gasteiger partial charge in [-0.15, -0.1) is 0 Å². The monoisotopic (exact) mass is 245 g/mol. The molecule has 0 saturated heterocycles. The molecule has 1 aliphatic rings. The maximum Gasteiger partial charge on any atom is 0.244 e. The number of aromatic amines is 1. The third kappa shape index (κ3) is 1.84. The average molecular weight is 245 g/mol. The Morgan fingerprint density at radius 3 is 2.78 bits per heavy atom. The molecule has 3 rings (SSSR count). The lowest BCUT2D eigenvalue weighted by molar-refractivity contribution is -0.121. The number of nitrogens with two attached hydrogens (primary N) is 1. The largest absolute Gasteiger partial charge is 0.324 e. The standard InChI is InChI=1S/C12H15N5O/c13-12(5-1-2-6-12)11(18)14-8-3-4-9-10(7-8)16-17-15-9/h3-4,7H,1-2,5-6,13H2,(H,14,18)(H,15,16,17). The summed E-state index contributed by atoms with van der Waals surface area (Å²) >= 11 is 0. The molecular formula is C12H15N5O. The molecule has 6 heteroatoms. The van der Waals surface area contributed by atoms with E-state index in [-0.39, 0.29) is 5.91 Å². The zero-order chi connectivity index (χ0) is 12.6. The molecule has 0 atom stereocenters. The van der Waals surface area contributed by atoms with Crippen LogP contribution < -0.4 is 11.1 Å². The van der Waals surface area contributed by atoms with Crippen LogP contribution in [0.3, 0.4) is 0 Å². The number of H-pyrrole nitrogens is 1. The van der Waals surface area contributed by atoms with E-state index in [1.54, 1.807) is 12.1 Å². The number of nitrogens with zero attached hydrogens (tertiary/aromatic N) is 2. The zero-order valence-electron chi connectivity index (χ0n) is 9.94. The number of hydrogen-bond acceptors (Lipinski definition) is 4. The maximum atomic E-state index is 12.1. The van der Waals surface area contributed by atoms with Crippen molar-refractivity contribution in [2.75, 3.05) is 5.32 Å². The van der Waals surface area contributed by atoms with Crippen LogP contribution in [0.5, 0.6) is 0 Å². The average Bonchev–Trinajstić information content (AvgIpc) is 2.98. The number of aromatic nitrogens is 3. The summed E-state index contributed by atoms with van der Waals surface area (Å²) in [6, 6.07) is 5.41. The van der Waals surface area contributed by atoms with Gasteiger partial charge in [-0.1, -0.05) is 12.8 Å². The molecule has 1 aromatic carbocycles. The van der Waals surface area contributed by atoms with Crippen molar-refractivity contribution in [2.24, 2.45) is 5.73 Å². The fourth-order valence-electron chi connectivity index (χ4n) is 2.41. The van der Waals surface area contributed by atoms with Crippen LogP contribution in [0.2, 0.25) is 0 Å². The lowest BCUT2D eigenvalue weighted by atomic mass is 9.98. The quantitative estimate of drug-likeness (QED) is 0.739. The minimum Gasteiger partial charge on any atom is -0.324 e. The molecule has 94 valence electrons. The Kier molecular flexibility index (Phi) is 2.52. The third-order valence-electron chi connectivity index (χ3n) is 3.52. The van der Waals surface area contributed by atoms with Crippen molar-refractivity contribution in [1.82, 2.24) is 15.4 Å². The Labute approximate surface area is 104 Å². The van der Waals surface area contributed by atoms with Crippen LogP contribution in [-0.2, 0) is 4.79 Å². The van der Waals surface area contributed by atoms with Gasteiger partial charge in [0.1, 0.15) is 11.0 Å². The summed E-state index contributed by atoms with van der Waals surface area (Å²) in [6.07, 6.45) is 3.55. The fourth-order valence-corrected chi connectivity index (χ4v) is 2.41. The third-order valence-corrected chi connectivity index (χ3v) is 3.52. The highest BCUT2D eigenvalue weighted by Gasteiger charge is 2.36. The van der Waals surface area contributed by atoms with Crippen LogP contribution in [0.1, 0.15) is 25.7 Å². The van der Waals surface area contributed by atoms with E-state index in [0.717, 1.165) is 36.7 Å². The number of hydrogen-bond donors (Lipinski definition) is 3. The van der Waals surface area contributed by atoms with Gasteiger partial charge in [0.15, 0.2) is 0 Å². The van der Waals surface area contributed by atoms with Crippen molar-refractivity contribution in [3.63, 3.8) is 0 Å². The molecule has 1 fully saturated rings. The first-order valence-corrected chi connectivity index (χ1v) is 6.08. The summed E-state index contributed by atoms with van der Waals surface area (Å²) in [5.74, 6) is -0.108. The molecule has 0 unspecified atom stereocenters. The fraction of sp³-hybridized carbons (Fsp3) is 0.417. The second kappa shape index (κ2) is 4.06. The number of amides is 1. The Hall–Kier alpha value is -1.95. The van der Waals surface area contributed by atoms with Gasteiger partial charge in [0.05, 0.1) is 5.54 Å². The van der Waals surface area contributed by atoms with Gasteiger partial charge in [0.25, 0.3) is 0 Å². The first-order valence-electron chi connectivity index (χ1n) is 6.08. The molecule has 0 aliphatic heterocycles. The predicted molar refractivity (Wildman–Crippen MR) is 67.9 cm³/mol. The van der Waals surface area contributed by atoms with Crippen molar-refractivity contribution in [1.29, 1.82) is 0 Å². The summed E-state index contributed by atoms with van der Waals surface area (Å²) in [5, 5.41) is 13.3. The molecule has 2 aromatic rings. The smallest absolute Gasteiger partial charge is 0.244 e. The highest BCUT2D eigenvalue weighted by Crippen LogP contribution is 2.28. The molecule has 4 N–H and O–H groups in total. The Balaban J connectivity index is 1.81. The van der Waals surface area contributed by atoms with E-state index in [1.165, 1.54) is 0 Å². The van der Waals surface area contributed by atoms with Crippen LogP contribution in [0.15, 0.2) is 18.2 Å². The summed E-state index contributed by atoms with van der Waals surface area (Å²) in [4.78, 5) is 12.1. The van der Waals surface area contributed by atoms with Gasteiger partial charge >= 0.3 is 0 Å². The summed E-state index contributed by atoms with van der Waals surface area (Å²) in [7, 11) is 0. The minimum absolute atomic E-state index is 0.108. The van der Waals surface area contributed by atoms with Crippen molar-refractivity contribution < 1.29 is 4.79 Å². The second-order valence-corrected chi connectivity index (χ2v) is 4.84. The normalized spacial score (nSPS) is 18.1. The number of anilines is 1. The highest BCUT2D eigenvalue weighted by atomic mass is 16.2. The molecule has 1 aromatic heterocycles. The highest BCUT2D eigenvalue weighted by molar-refractivity contribution is 5.99. The number of rotatable bonds is 2. The number of fused-ring (bicyclic) bond motifs is 1. The van der Waals surface area contributed by atoms with Gasteiger partial charge < -0.3 is 11.1 Å². The molecule has 0 spiro atoms. The van der Waals surface area contributed by atoms with E-state index in [9.17, 15) is 4.79 Å². The van der Waals surface area contributed by atoms with Crippen LogP contribution in [-0.4, -0.2) is 26.9 Å². The van der Waals surface area contributed by atoms with Crippen molar-refractivity contribution in [2.45, 2.75) is 31.2 Å². The van der Waals surface area contributed by atoms with Crippen LogP contribution in [0.25, 0.3) is 11.0 Å². The predicted octanol–water partition coefficient (Wildman–Crippen LogP) is 1.17. The van der Waals surface area contributed by atoms with E-state index in [0.29, 0.717) is 5.69 Å². The van der Waals surface area contributed by atoms with Crippen molar-refractivity contribution >= 4 is 22.6 Å². The van der Waals surface area contributed by atoms with Crippen molar-refractivity contribution in [3.8, 4) is 0 Å². The number of carbonyl (C=O) groups excluding carboxylic acids is 1. The van der Waals surface area contributed by atoms with Crippen LogP contribution in [0.4, 0.5) is 5.69 Å². The number of benzene rings is 1. The molecule has 6 nitrogen and oxygen atoms in total. The summed E-state index contributed by atoms with van der Waals surface area (Å²) < 4.78 is 0. The topological polar surface area (TPSA) is 96.7 Å². The van der Waals surface area contributed by atoms with Crippen LogP contribution in [0, 0.1) is 0 Å². The van der Waals surface area contributed by atoms with Gasteiger partial charge in [-0.3, -0.25) is 4.79 Å². The molecule has 0 bridgehead atoms. The first-order chi connectivity index (χ1) is 8.67. The molecule has 0 radical (unpaired) electrons. The summed E-state index contributed by atoms with van der Waals surface area (Å²) in [6.45, 7) is 0. The number of carbonyl (C=O) groups is 1. The zero-order valence-corrected chi connectivity index (χ0v) is 9.94. The van der Waals surface area contributed by atoms with Gasteiger partial charge in [-0.05, 0) is 31.0 Å². The van der Waals surface area contributed by atoms with Gasteiger partial charge in [-0.25, -0.2) is 0 Å². The van der Waals surface area contributed by atoms with E-state index in [4.69, 9.17) is 5.73 Å². The molecule has 1 heterocycles. The maximum absolute atomic E-state index is 12.1. The van der Waals surface area contributed by atoms with Crippen LogP contribution >= 0.6 is 0 Å². The first kappa shape index (κ1) is 11.2. The molecule has 1 aliphatic carbocycles. The minimum atomic E-state index is -0.710. The number of nitrogens with one attached hydrogen (secondary N) is 2.